The second kappa shape index (κ2) is 9.07. The molecular weight excluding hydrogens is 372 g/mol. The van der Waals surface area contributed by atoms with Crippen LogP contribution in [0.2, 0.25) is 5.02 Å². The Balaban J connectivity index is 1.75. The Morgan fingerprint density at radius 3 is 2.30 bits per heavy atom. The topological polar surface area (TPSA) is 77.4 Å². The van der Waals surface area contributed by atoms with Crippen molar-refractivity contribution in [3.05, 3.63) is 28.8 Å². The van der Waals surface area contributed by atoms with Crippen LogP contribution >= 0.6 is 11.6 Å². The lowest BCUT2D eigenvalue weighted by Crippen LogP contribution is -2.53. The quantitative estimate of drug-likeness (QED) is 0.791. The highest BCUT2D eigenvalue weighted by Crippen LogP contribution is 2.37. The van der Waals surface area contributed by atoms with Gasteiger partial charge in [0.25, 0.3) is 0 Å². The number of hydrogen-bond acceptors (Lipinski definition) is 6. The van der Waals surface area contributed by atoms with E-state index in [1.54, 1.807) is 20.1 Å². The maximum Gasteiger partial charge on any atom is 0.138 e. The molecule has 1 aliphatic carbocycles. The van der Waals surface area contributed by atoms with Crippen LogP contribution in [0.3, 0.4) is 0 Å². The Bertz CT molecular complexity index is 618. The Kier molecular flexibility index (Phi) is 7.00. The minimum atomic E-state index is -0.993. The normalized spacial score (nSPS) is 37.2. The molecule has 1 aliphatic heterocycles. The molecule has 3 rings (SSSR count). The van der Waals surface area contributed by atoms with Crippen LogP contribution in [0.5, 0.6) is 5.75 Å². The Morgan fingerprint density at radius 1 is 1.00 bits per heavy atom. The molecule has 2 aliphatic rings. The van der Waals surface area contributed by atoms with Gasteiger partial charge >= 0.3 is 0 Å². The lowest BCUT2D eigenvalue weighted by molar-refractivity contribution is -0.227. The molecule has 2 fully saturated rings. The van der Waals surface area contributed by atoms with E-state index in [0.717, 1.165) is 31.2 Å². The molecule has 1 unspecified atom stereocenters. The first kappa shape index (κ1) is 20.8. The molecule has 1 saturated heterocycles. The van der Waals surface area contributed by atoms with E-state index in [2.05, 4.69) is 0 Å². The average molecular weight is 401 g/mol. The zero-order chi connectivity index (χ0) is 19.6. The summed E-state index contributed by atoms with van der Waals surface area (Å²) < 4.78 is 22.7. The van der Waals surface area contributed by atoms with E-state index in [9.17, 15) is 10.2 Å². The molecule has 27 heavy (non-hydrogen) atoms. The number of benzene rings is 1. The van der Waals surface area contributed by atoms with Crippen LogP contribution in [0.25, 0.3) is 0 Å². The lowest BCUT2D eigenvalue weighted by atomic mass is 9.91. The molecule has 1 saturated carbocycles. The largest absolute Gasteiger partial charge is 0.489 e. The van der Waals surface area contributed by atoms with Crippen LogP contribution in [0.15, 0.2) is 18.2 Å². The molecule has 7 heteroatoms. The van der Waals surface area contributed by atoms with E-state index in [-0.39, 0.29) is 6.10 Å². The van der Waals surface area contributed by atoms with Gasteiger partial charge < -0.3 is 29.2 Å². The smallest absolute Gasteiger partial charge is 0.138 e. The van der Waals surface area contributed by atoms with Crippen molar-refractivity contribution < 1.29 is 29.2 Å². The highest BCUT2D eigenvalue weighted by atomic mass is 35.5. The minimum Gasteiger partial charge on any atom is -0.489 e. The van der Waals surface area contributed by atoms with Crippen molar-refractivity contribution in [2.45, 2.75) is 75.3 Å². The van der Waals surface area contributed by atoms with Crippen LogP contribution in [0, 0.1) is 0 Å². The van der Waals surface area contributed by atoms with Gasteiger partial charge in [-0.25, -0.2) is 0 Å². The summed E-state index contributed by atoms with van der Waals surface area (Å²) in [6, 6.07) is 5.37. The molecule has 0 amide bonds. The highest BCUT2D eigenvalue weighted by molar-refractivity contribution is 6.32. The third-order valence-electron chi connectivity index (χ3n) is 5.63. The van der Waals surface area contributed by atoms with Gasteiger partial charge in [-0.15, -0.1) is 0 Å². The fraction of sp³-hybridized carbons (Fsp3) is 0.700. The standard InChI is InChI=1S/C20H29ClO6/c1-11-17(22)20(25-3)18(23)19(26-11)12-4-9-15(21)16(10-12)27-14-7-5-13(24-2)6-8-14/h4,9-11,13-14,17-20,22-23H,5-8H2,1-3H3/t11-,13?,14?,17-,18+,19?,20-/m1/s1. The van der Waals surface area contributed by atoms with Gasteiger partial charge in [0.05, 0.1) is 23.3 Å². The molecule has 1 aromatic rings. The predicted molar refractivity (Wildman–Crippen MR) is 101 cm³/mol. The monoisotopic (exact) mass is 400 g/mol. The van der Waals surface area contributed by atoms with Gasteiger partial charge in [0, 0.05) is 14.2 Å². The van der Waals surface area contributed by atoms with Gasteiger partial charge in [-0.05, 0) is 50.3 Å². The van der Waals surface area contributed by atoms with Crippen LogP contribution in [-0.2, 0) is 14.2 Å². The SMILES string of the molecule is COC1CCC(Oc2cc(C3O[C@H](C)[C@@H](O)[C@@H](OC)[C@H]3O)ccc2Cl)CC1. The summed E-state index contributed by atoms with van der Waals surface area (Å²) >= 11 is 6.34. The van der Waals surface area contributed by atoms with Crippen molar-refractivity contribution >= 4 is 11.6 Å². The molecular formula is C20H29ClO6. The minimum absolute atomic E-state index is 0.0915. The number of aliphatic hydroxyl groups is 2. The molecule has 0 aromatic heterocycles. The number of ether oxygens (including phenoxy) is 4. The first-order chi connectivity index (χ1) is 12.9. The maximum absolute atomic E-state index is 10.6. The lowest BCUT2D eigenvalue weighted by Gasteiger charge is -2.41. The van der Waals surface area contributed by atoms with Gasteiger partial charge in [-0.1, -0.05) is 17.7 Å². The van der Waals surface area contributed by atoms with Crippen LogP contribution < -0.4 is 4.74 Å². The van der Waals surface area contributed by atoms with Crippen LogP contribution in [0.1, 0.15) is 44.3 Å². The van der Waals surface area contributed by atoms with Crippen LogP contribution in [0.4, 0.5) is 0 Å². The summed E-state index contributed by atoms with van der Waals surface area (Å²) in [4.78, 5) is 0. The summed E-state index contributed by atoms with van der Waals surface area (Å²) in [5.74, 6) is 0.582. The summed E-state index contributed by atoms with van der Waals surface area (Å²) in [6.07, 6.45) is 0.459. The summed E-state index contributed by atoms with van der Waals surface area (Å²) in [7, 11) is 3.21. The van der Waals surface area contributed by atoms with Crippen molar-refractivity contribution in [1.29, 1.82) is 0 Å². The third-order valence-corrected chi connectivity index (χ3v) is 5.94. The number of rotatable bonds is 5. The van der Waals surface area contributed by atoms with E-state index in [4.69, 9.17) is 30.5 Å². The summed E-state index contributed by atoms with van der Waals surface area (Å²) in [6.45, 7) is 1.76. The summed E-state index contributed by atoms with van der Waals surface area (Å²) in [5, 5.41) is 21.3. The number of hydrogen-bond donors (Lipinski definition) is 2. The second-order valence-corrected chi connectivity index (χ2v) is 7.79. The average Bonchev–Trinajstić information content (AvgIpc) is 2.67. The van der Waals surface area contributed by atoms with E-state index in [1.165, 1.54) is 7.11 Å². The number of halogens is 1. The highest BCUT2D eigenvalue weighted by Gasteiger charge is 2.43. The van der Waals surface area contributed by atoms with Crippen LogP contribution in [-0.4, -0.2) is 61.1 Å². The Morgan fingerprint density at radius 2 is 1.67 bits per heavy atom. The van der Waals surface area contributed by atoms with E-state index < -0.39 is 30.5 Å². The molecule has 2 N–H and O–H groups in total. The zero-order valence-electron chi connectivity index (χ0n) is 16.0. The Hall–Kier alpha value is -0.890. The molecule has 6 nitrogen and oxygen atoms in total. The molecule has 0 radical (unpaired) electrons. The molecule has 0 spiro atoms. The Labute approximate surface area is 165 Å². The zero-order valence-corrected chi connectivity index (χ0v) is 16.8. The predicted octanol–water partition coefficient (Wildman–Crippen LogP) is 2.87. The number of methoxy groups -OCH3 is 2. The van der Waals surface area contributed by atoms with Crippen molar-refractivity contribution in [2.24, 2.45) is 0 Å². The molecule has 152 valence electrons. The van der Waals surface area contributed by atoms with Gasteiger partial charge in [-0.3, -0.25) is 0 Å². The maximum atomic E-state index is 10.6. The van der Waals surface area contributed by atoms with E-state index >= 15 is 0 Å². The fourth-order valence-electron chi connectivity index (χ4n) is 3.94. The third kappa shape index (κ3) is 4.58. The molecule has 1 heterocycles. The summed E-state index contributed by atoms with van der Waals surface area (Å²) in [5.41, 5.74) is 0.744. The molecule has 5 atom stereocenters. The van der Waals surface area contributed by atoms with E-state index in [1.807, 2.05) is 12.1 Å². The molecule has 1 aromatic carbocycles. The first-order valence-electron chi connectivity index (χ1n) is 9.47. The first-order valence-corrected chi connectivity index (χ1v) is 9.85. The van der Waals surface area contributed by atoms with Gasteiger partial charge in [0.2, 0.25) is 0 Å². The fourth-order valence-corrected chi connectivity index (χ4v) is 4.10. The second-order valence-electron chi connectivity index (χ2n) is 7.39. The van der Waals surface area contributed by atoms with Crippen molar-refractivity contribution in [2.75, 3.05) is 14.2 Å². The van der Waals surface area contributed by atoms with Crippen molar-refractivity contribution in [1.82, 2.24) is 0 Å². The molecule has 0 bridgehead atoms. The van der Waals surface area contributed by atoms with Crippen molar-refractivity contribution in [3.8, 4) is 5.75 Å². The number of aliphatic hydroxyl groups excluding tert-OH is 2. The van der Waals surface area contributed by atoms with E-state index in [0.29, 0.717) is 16.9 Å². The van der Waals surface area contributed by atoms with Crippen molar-refractivity contribution in [3.63, 3.8) is 0 Å². The van der Waals surface area contributed by atoms with Gasteiger partial charge in [0.1, 0.15) is 30.2 Å². The van der Waals surface area contributed by atoms with Gasteiger partial charge in [-0.2, -0.15) is 0 Å². The van der Waals surface area contributed by atoms with Gasteiger partial charge in [0.15, 0.2) is 0 Å².